The van der Waals surface area contributed by atoms with Crippen LogP contribution in [0.25, 0.3) is 0 Å². The molecule has 1 aromatic rings. The summed E-state index contributed by atoms with van der Waals surface area (Å²) in [5.41, 5.74) is 0.782. The van der Waals surface area contributed by atoms with Crippen molar-refractivity contribution >= 4 is 23.4 Å². The zero-order valence-electron chi connectivity index (χ0n) is 9.55. The lowest BCUT2D eigenvalue weighted by molar-refractivity contribution is -0.114. The molecule has 0 radical (unpaired) electrons. The van der Waals surface area contributed by atoms with Crippen LogP contribution < -0.4 is 5.32 Å². The number of carbonyl (C=O) groups excluding carboxylic acids is 1. The van der Waals surface area contributed by atoms with Gasteiger partial charge in [0.2, 0.25) is 5.91 Å². The van der Waals surface area contributed by atoms with E-state index >= 15 is 0 Å². The van der Waals surface area contributed by atoms with E-state index in [0.29, 0.717) is 13.2 Å². The van der Waals surface area contributed by atoms with Gasteiger partial charge in [0.1, 0.15) is 0 Å². The molecule has 1 aliphatic rings. The van der Waals surface area contributed by atoms with E-state index < -0.39 is 6.10 Å². The molecular formula is C12H15NO3S. The molecule has 0 spiro atoms. The summed E-state index contributed by atoms with van der Waals surface area (Å²) in [7, 11) is 0. The Morgan fingerprint density at radius 1 is 1.41 bits per heavy atom. The van der Waals surface area contributed by atoms with Gasteiger partial charge in [-0.25, -0.2) is 0 Å². The third kappa shape index (κ3) is 3.46. The van der Waals surface area contributed by atoms with Crippen molar-refractivity contribution < 1.29 is 14.6 Å². The first-order valence-electron chi connectivity index (χ1n) is 5.45. The van der Waals surface area contributed by atoms with Crippen molar-refractivity contribution in [3.05, 3.63) is 24.3 Å². The topological polar surface area (TPSA) is 58.6 Å². The fourth-order valence-electron chi connectivity index (χ4n) is 1.63. The Bertz CT molecular complexity index is 393. The number of hydrogen-bond donors (Lipinski definition) is 2. The molecule has 1 heterocycles. The predicted molar refractivity (Wildman–Crippen MR) is 67.2 cm³/mol. The number of anilines is 1. The molecule has 1 saturated heterocycles. The second kappa shape index (κ2) is 5.53. The minimum atomic E-state index is -0.393. The third-order valence-electron chi connectivity index (χ3n) is 2.46. The number of aliphatic hydroxyl groups is 1. The van der Waals surface area contributed by atoms with E-state index in [1.54, 1.807) is 11.8 Å². The lowest BCUT2D eigenvalue weighted by atomic mass is 10.3. The van der Waals surface area contributed by atoms with Crippen molar-refractivity contribution in [2.75, 3.05) is 18.5 Å². The standard InChI is InChI=1S/C12H15NO3S/c1-8(14)13-9-2-4-10(5-3-9)17-12-7-16-6-11(12)15/h2-5,11-12,15H,6-7H2,1H3,(H,13,14). The second-order valence-electron chi connectivity index (χ2n) is 3.97. The number of nitrogens with one attached hydrogen (secondary N) is 1. The van der Waals surface area contributed by atoms with Gasteiger partial charge in [-0.2, -0.15) is 0 Å². The quantitative estimate of drug-likeness (QED) is 0.857. The monoisotopic (exact) mass is 253 g/mol. The van der Waals surface area contributed by atoms with Crippen LogP contribution >= 0.6 is 11.8 Å². The maximum absolute atomic E-state index is 10.9. The van der Waals surface area contributed by atoms with E-state index in [9.17, 15) is 9.90 Å². The molecule has 5 heteroatoms. The number of aliphatic hydroxyl groups excluding tert-OH is 1. The Morgan fingerprint density at radius 3 is 2.65 bits per heavy atom. The Balaban J connectivity index is 1.95. The van der Waals surface area contributed by atoms with Crippen LogP contribution in [0.1, 0.15) is 6.92 Å². The van der Waals surface area contributed by atoms with Crippen molar-refractivity contribution in [1.29, 1.82) is 0 Å². The van der Waals surface area contributed by atoms with Gasteiger partial charge in [0.15, 0.2) is 0 Å². The average Bonchev–Trinajstić information content (AvgIpc) is 2.67. The smallest absolute Gasteiger partial charge is 0.221 e. The van der Waals surface area contributed by atoms with Crippen molar-refractivity contribution in [3.63, 3.8) is 0 Å². The van der Waals surface area contributed by atoms with Crippen LogP contribution in [0.3, 0.4) is 0 Å². The zero-order valence-corrected chi connectivity index (χ0v) is 10.4. The van der Waals surface area contributed by atoms with Crippen LogP contribution in [-0.2, 0) is 9.53 Å². The van der Waals surface area contributed by atoms with Gasteiger partial charge < -0.3 is 15.2 Å². The molecule has 1 fully saturated rings. The highest BCUT2D eigenvalue weighted by molar-refractivity contribution is 8.00. The number of rotatable bonds is 3. The molecule has 0 aromatic heterocycles. The molecule has 2 atom stereocenters. The van der Waals surface area contributed by atoms with E-state index in [4.69, 9.17) is 4.74 Å². The van der Waals surface area contributed by atoms with Gasteiger partial charge in [0.05, 0.1) is 24.6 Å². The van der Waals surface area contributed by atoms with Gasteiger partial charge in [0, 0.05) is 17.5 Å². The van der Waals surface area contributed by atoms with Crippen LogP contribution in [-0.4, -0.2) is 35.6 Å². The largest absolute Gasteiger partial charge is 0.389 e. The van der Waals surface area contributed by atoms with Gasteiger partial charge in [-0.3, -0.25) is 4.79 Å². The lowest BCUT2D eigenvalue weighted by Crippen LogP contribution is -2.19. The van der Waals surface area contributed by atoms with E-state index in [2.05, 4.69) is 5.32 Å². The van der Waals surface area contributed by atoms with Crippen LogP contribution in [0.15, 0.2) is 29.2 Å². The molecule has 2 unspecified atom stereocenters. The van der Waals surface area contributed by atoms with Gasteiger partial charge in [-0.1, -0.05) is 0 Å². The summed E-state index contributed by atoms with van der Waals surface area (Å²) < 4.78 is 5.19. The van der Waals surface area contributed by atoms with Gasteiger partial charge in [0.25, 0.3) is 0 Å². The summed E-state index contributed by atoms with van der Waals surface area (Å²) in [5.74, 6) is -0.0787. The molecule has 2 rings (SSSR count). The van der Waals surface area contributed by atoms with Crippen molar-refractivity contribution in [2.24, 2.45) is 0 Å². The summed E-state index contributed by atoms with van der Waals surface area (Å²) in [6, 6.07) is 7.57. The molecule has 4 nitrogen and oxygen atoms in total. The molecule has 17 heavy (non-hydrogen) atoms. The molecular weight excluding hydrogens is 238 g/mol. The molecule has 0 bridgehead atoms. The van der Waals surface area contributed by atoms with Gasteiger partial charge in [-0.15, -0.1) is 11.8 Å². The van der Waals surface area contributed by atoms with E-state index in [-0.39, 0.29) is 11.2 Å². The fourth-order valence-corrected chi connectivity index (χ4v) is 2.67. The lowest BCUT2D eigenvalue weighted by Gasteiger charge is -2.12. The predicted octanol–water partition coefficient (Wildman–Crippen LogP) is 1.50. The Hall–Kier alpha value is -1.04. The summed E-state index contributed by atoms with van der Waals surface area (Å²) >= 11 is 1.60. The number of thioether (sulfide) groups is 1. The fraction of sp³-hybridized carbons (Fsp3) is 0.417. The molecule has 0 saturated carbocycles. The SMILES string of the molecule is CC(=O)Nc1ccc(SC2COCC2O)cc1. The summed E-state index contributed by atoms with van der Waals surface area (Å²) in [6.45, 7) is 2.48. The summed E-state index contributed by atoms with van der Waals surface area (Å²) in [4.78, 5) is 11.9. The van der Waals surface area contributed by atoms with Crippen LogP contribution in [0.2, 0.25) is 0 Å². The molecule has 1 aromatic carbocycles. The summed E-state index contributed by atoms with van der Waals surface area (Å²) in [6.07, 6.45) is -0.393. The minimum Gasteiger partial charge on any atom is -0.389 e. The Kier molecular flexibility index (Phi) is 4.04. The number of ether oxygens (including phenoxy) is 1. The third-order valence-corrected chi connectivity index (χ3v) is 3.76. The Morgan fingerprint density at radius 2 is 2.12 bits per heavy atom. The van der Waals surface area contributed by atoms with E-state index in [0.717, 1.165) is 10.6 Å². The maximum Gasteiger partial charge on any atom is 0.221 e. The van der Waals surface area contributed by atoms with Crippen molar-refractivity contribution in [3.8, 4) is 0 Å². The number of carbonyl (C=O) groups is 1. The van der Waals surface area contributed by atoms with E-state index in [1.165, 1.54) is 6.92 Å². The average molecular weight is 253 g/mol. The first-order valence-corrected chi connectivity index (χ1v) is 6.33. The number of benzene rings is 1. The highest BCUT2D eigenvalue weighted by Gasteiger charge is 2.26. The highest BCUT2D eigenvalue weighted by Crippen LogP contribution is 2.29. The molecule has 1 aliphatic heterocycles. The first-order chi connectivity index (χ1) is 8.15. The van der Waals surface area contributed by atoms with Crippen LogP contribution in [0.5, 0.6) is 0 Å². The van der Waals surface area contributed by atoms with Gasteiger partial charge >= 0.3 is 0 Å². The first kappa shape index (κ1) is 12.4. The number of amides is 1. The van der Waals surface area contributed by atoms with Crippen LogP contribution in [0, 0.1) is 0 Å². The molecule has 2 N–H and O–H groups in total. The second-order valence-corrected chi connectivity index (χ2v) is 5.28. The van der Waals surface area contributed by atoms with Crippen molar-refractivity contribution in [1.82, 2.24) is 0 Å². The highest BCUT2D eigenvalue weighted by atomic mass is 32.2. The normalized spacial score (nSPS) is 23.6. The van der Waals surface area contributed by atoms with E-state index in [1.807, 2.05) is 24.3 Å². The zero-order chi connectivity index (χ0) is 12.3. The number of hydrogen-bond acceptors (Lipinski definition) is 4. The Labute approximate surface area is 104 Å². The van der Waals surface area contributed by atoms with Crippen LogP contribution in [0.4, 0.5) is 5.69 Å². The molecule has 1 amide bonds. The van der Waals surface area contributed by atoms with Gasteiger partial charge in [-0.05, 0) is 24.3 Å². The van der Waals surface area contributed by atoms with Crippen molar-refractivity contribution in [2.45, 2.75) is 23.2 Å². The summed E-state index contributed by atoms with van der Waals surface area (Å²) in [5, 5.41) is 12.4. The molecule has 0 aliphatic carbocycles. The molecule has 92 valence electrons. The minimum absolute atomic E-state index is 0.0787. The maximum atomic E-state index is 10.9.